The molecule has 0 aliphatic heterocycles. The molecule has 1 N–H and O–H groups in total. The molecule has 0 spiro atoms. The van der Waals surface area contributed by atoms with Gasteiger partial charge in [0.15, 0.2) is 0 Å². The third-order valence-corrected chi connectivity index (χ3v) is 3.47. The summed E-state index contributed by atoms with van der Waals surface area (Å²) in [4.78, 5) is 0. The van der Waals surface area contributed by atoms with Gasteiger partial charge >= 0.3 is 0 Å². The van der Waals surface area contributed by atoms with Crippen LogP contribution in [-0.2, 0) is 6.54 Å². The van der Waals surface area contributed by atoms with Crippen LogP contribution in [0.2, 0.25) is 0 Å². The number of rotatable bonds is 6. The summed E-state index contributed by atoms with van der Waals surface area (Å²) in [5.74, 6) is 3.33. The lowest BCUT2D eigenvalue weighted by Gasteiger charge is -2.25. The molecule has 0 radical (unpaired) electrons. The summed E-state index contributed by atoms with van der Waals surface area (Å²) in [5.41, 5.74) is 1.23. The molecule has 98 valence electrons. The summed E-state index contributed by atoms with van der Waals surface area (Å²) < 4.78 is 6.59. The highest BCUT2D eigenvalue weighted by Crippen LogP contribution is 2.24. The van der Waals surface area contributed by atoms with E-state index in [1.54, 1.807) is 0 Å². The molecule has 0 unspecified atom stereocenters. The molecule has 0 atom stereocenters. The molecule has 18 heavy (non-hydrogen) atoms. The Labute approximate surface area is 118 Å². The maximum atomic E-state index is 5.54. The molecule has 0 aromatic heterocycles. The van der Waals surface area contributed by atoms with Crippen LogP contribution in [0.5, 0.6) is 5.75 Å². The monoisotopic (exact) mass is 309 g/mol. The van der Waals surface area contributed by atoms with Crippen LogP contribution in [0.25, 0.3) is 0 Å². The summed E-state index contributed by atoms with van der Waals surface area (Å²) in [7, 11) is 0. The van der Waals surface area contributed by atoms with E-state index in [1.807, 2.05) is 12.1 Å². The van der Waals surface area contributed by atoms with Gasteiger partial charge in [-0.05, 0) is 38.5 Å². The Balaban J connectivity index is 2.79. The van der Waals surface area contributed by atoms with Crippen LogP contribution in [0.3, 0.4) is 0 Å². The molecule has 1 rings (SSSR count). The molecule has 1 aromatic rings. The van der Waals surface area contributed by atoms with E-state index in [9.17, 15) is 0 Å². The van der Waals surface area contributed by atoms with Crippen molar-refractivity contribution in [2.45, 2.75) is 39.3 Å². The number of hydrogen-bond donors (Lipinski definition) is 1. The number of nitrogens with one attached hydrogen (secondary N) is 1. The second kappa shape index (κ2) is 6.82. The molecular formula is C15H20BrNO. The molecule has 1 aromatic carbocycles. The molecule has 0 amide bonds. The summed E-state index contributed by atoms with van der Waals surface area (Å²) in [6.45, 7) is 7.61. The summed E-state index contributed by atoms with van der Waals surface area (Å²) in [6.07, 6.45) is 6.29. The largest absolute Gasteiger partial charge is 0.481 e. The summed E-state index contributed by atoms with van der Waals surface area (Å²) >= 11 is 3.48. The highest BCUT2D eigenvalue weighted by Gasteiger charge is 2.15. The van der Waals surface area contributed by atoms with Crippen molar-refractivity contribution in [3.8, 4) is 18.1 Å². The van der Waals surface area contributed by atoms with Crippen molar-refractivity contribution >= 4 is 15.9 Å². The van der Waals surface area contributed by atoms with Crippen LogP contribution >= 0.6 is 15.9 Å². The van der Waals surface area contributed by atoms with Crippen LogP contribution in [0.4, 0.5) is 0 Å². The van der Waals surface area contributed by atoms with E-state index in [2.05, 4.69) is 54.0 Å². The van der Waals surface area contributed by atoms with Crippen molar-refractivity contribution in [3.63, 3.8) is 0 Å². The quantitative estimate of drug-likeness (QED) is 0.808. The standard InChI is InChI=1S/C15H20BrNO/c1-5-9-18-14-8-7-13(16)10-12(14)11-17-15(3,4)6-2/h1,7-8,10,17H,6,9,11H2,2-4H3. The van der Waals surface area contributed by atoms with Gasteiger partial charge in [-0.3, -0.25) is 0 Å². The normalized spacial score (nSPS) is 11.1. The first kappa shape index (κ1) is 15.1. The zero-order valence-corrected chi connectivity index (χ0v) is 12.8. The van der Waals surface area contributed by atoms with Gasteiger partial charge in [0.25, 0.3) is 0 Å². The molecule has 2 nitrogen and oxygen atoms in total. The Kier molecular flexibility index (Phi) is 5.71. The Bertz CT molecular complexity index is 435. The van der Waals surface area contributed by atoms with E-state index >= 15 is 0 Å². The first-order chi connectivity index (χ1) is 8.48. The topological polar surface area (TPSA) is 21.3 Å². The highest BCUT2D eigenvalue weighted by molar-refractivity contribution is 9.10. The maximum Gasteiger partial charge on any atom is 0.148 e. The van der Waals surface area contributed by atoms with Crippen molar-refractivity contribution in [2.75, 3.05) is 6.61 Å². The van der Waals surface area contributed by atoms with Gasteiger partial charge in [-0.25, -0.2) is 0 Å². The van der Waals surface area contributed by atoms with E-state index < -0.39 is 0 Å². The molecule has 0 saturated carbocycles. The number of halogens is 1. The van der Waals surface area contributed by atoms with Crippen molar-refractivity contribution < 1.29 is 4.74 Å². The van der Waals surface area contributed by atoms with E-state index in [1.165, 1.54) is 0 Å². The second-order valence-electron chi connectivity index (χ2n) is 4.84. The average molecular weight is 310 g/mol. The smallest absolute Gasteiger partial charge is 0.148 e. The van der Waals surface area contributed by atoms with Crippen molar-refractivity contribution in [1.29, 1.82) is 0 Å². The van der Waals surface area contributed by atoms with Gasteiger partial charge < -0.3 is 10.1 Å². The van der Waals surface area contributed by atoms with E-state index in [0.29, 0.717) is 6.61 Å². The Morgan fingerprint density at radius 3 is 2.78 bits per heavy atom. The van der Waals surface area contributed by atoms with Crippen LogP contribution in [0.15, 0.2) is 22.7 Å². The fourth-order valence-corrected chi connectivity index (χ4v) is 1.81. The highest BCUT2D eigenvalue weighted by atomic mass is 79.9. The van der Waals surface area contributed by atoms with Crippen LogP contribution < -0.4 is 10.1 Å². The van der Waals surface area contributed by atoms with Crippen molar-refractivity contribution in [1.82, 2.24) is 5.32 Å². The first-order valence-corrected chi connectivity index (χ1v) is 6.87. The van der Waals surface area contributed by atoms with Gasteiger partial charge in [-0.2, -0.15) is 0 Å². The van der Waals surface area contributed by atoms with Gasteiger partial charge in [0.2, 0.25) is 0 Å². The zero-order chi connectivity index (χ0) is 13.6. The Morgan fingerprint density at radius 2 is 2.17 bits per heavy atom. The van der Waals surface area contributed by atoms with Gasteiger partial charge in [0.1, 0.15) is 12.4 Å². The minimum Gasteiger partial charge on any atom is -0.481 e. The average Bonchev–Trinajstić information content (AvgIpc) is 2.35. The third kappa shape index (κ3) is 4.72. The minimum absolute atomic E-state index is 0.117. The van der Waals surface area contributed by atoms with Crippen LogP contribution in [0, 0.1) is 12.3 Å². The molecule has 0 bridgehead atoms. The lowest BCUT2D eigenvalue weighted by Crippen LogP contribution is -2.37. The number of ether oxygens (including phenoxy) is 1. The van der Waals surface area contributed by atoms with Crippen LogP contribution in [-0.4, -0.2) is 12.1 Å². The lowest BCUT2D eigenvalue weighted by molar-refractivity contribution is 0.349. The van der Waals surface area contributed by atoms with Gasteiger partial charge in [0, 0.05) is 22.1 Å². The minimum atomic E-state index is 0.117. The summed E-state index contributed by atoms with van der Waals surface area (Å²) in [5, 5.41) is 3.52. The van der Waals surface area contributed by atoms with Gasteiger partial charge in [0.05, 0.1) is 0 Å². The molecule has 3 heteroatoms. The Morgan fingerprint density at radius 1 is 1.44 bits per heavy atom. The molecule has 0 aliphatic carbocycles. The third-order valence-electron chi connectivity index (χ3n) is 2.97. The van der Waals surface area contributed by atoms with E-state index in [-0.39, 0.29) is 5.54 Å². The fourth-order valence-electron chi connectivity index (χ4n) is 1.41. The van der Waals surface area contributed by atoms with Gasteiger partial charge in [-0.15, -0.1) is 6.42 Å². The van der Waals surface area contributed by atoms with Gasteiger partial charge in [-0.1, -0.05) is 28.8 Å². The van der Waals surface area contributed by atoms with E-state index in [4.69, 9.17) is 11.2 Å². The molecule has 0 aliphatic rings. The number of benzene rings is 1. The lowest BCUT2D eigenvalue weighted by atomic mass is 10.0. The predicted octanol–water partition coefficient (Wildman–Crippen LogP) is 3.74. The summed E-state index contributed by atoms with van der Waals surface area (Å²) in [6, 6.07) is 5.96. The number of terminal acetylenes is 1. The first-order valence-electron chi connectivity index (χ1n) is 6.08. The SMILES string of the molecule is C#CCOc1ccc(Br)cc1CNC(C)(C)CC. The van der Waals surface area contributed by atoms with Crippen molar-refractivity contribution in [2.24, 2.45) is 0 Å². The molecule has 0 fully saturated rings. The Hall–Kier alpha value is -0.980. The molecule has 0 saturated heterocycles. The van der Waals surface area contributed by atoms with Crippen molar-refractivity contribution in [3.05, 3.63) is 28.2 Å². The fraction of sp³-hybridized carbons (Fsp3) is 0.467. The number of hydrogen-bond acceptors (Lipinski definition) is 2. The predicted molar refractivity (Wildman–Crippen MR) is 79.7 cm³/mol. The second-order valence-corrected chi connectivity index (χ2v) is 5.75. The zero-order valence-electron chi connectivity index (χ0n) is 11.2. The van der Waals surface area contributed by atoms with Crippen LogP contribution in [0.1, 0.15) is 32.8 Å². The van der Waals surface area contributed by atoms with E-state index in [0.717, 1.165) is 28.8 Å². The maximum absolute atomic E-state index is 5.54. The molecule has 0 heterocycles. The molecular weight excluding hydrogens is 290 g/mol.